The molecular formula is C13H18N4O. The van der Waals surface area contributed by atoms with Crippen LogP contribution in [0.1, 0.15) is 11.4 Å². The molecule has 2 aromatic heterocycles. The standard InChI is InChI=1S/C13H18N4O/c18-10-11(7-12-3-1-2-5-15-12)8-14-9-13-4-6-16-17-13/h1-6,11,14,18H,7-10H2,(H,16,17). The third-order valence-corrected chi connectivity index (χ3v) is 2.79. The topological polar surface area (TPSA) is 73.8 Å². The predicted octanol–water partition coefficient (Wildman–Crippen LogP) is 0.745. The van der Waals surface area contributed by atoms with Gasteiger partial charge in [-0.15, -0.1) is 0 Å². The number of hydrogen-bond donors (Lipinski definition) is 3. The van der Waals surface area contributed by atoms with E-state index in [0.29, 0.717) is 0 Å². The molecule has 5 nitrogen and oxygen atoms in total. The van der Waals surface area contributed by atoms with Gasteiger partial charge in [0.1, 0.15) is 0 Å². The Morgan fingerprint density at radius 1 is 1.28 bits per heavy atom. The Labute approximate surface area is 106 Å². The van der Waals surface area contributed by atoms with Gasteiger partial charge in [-0.1, -0.05) is 6.07 Å². The first-order chi connectivity index (χ1) is 8.88. The zero-order valence-electron chi connectivity index (χ0n) is 10.2. The number of nitrogens with zero attached hydrogens (tertiary/aromatic N) is 2. The van der Waals surface area contributed by atoms with Gasteiger partial charge in [-0.3, -0.25) is 10.1 Å². The molecule has 0 amide bonds. The fourth-order valence-electron chi connectivity index (χ4n) is 1.81. The second kappa shape index (κ2) is 6.88. The molecule has 2 aromatic rings. The van der Waals surface area contributed by atoms with Crippen LogP contribution in [0.25, 0.3) is 0 Å². The zero-order chi connectivity index (χ0) is 12.6. The first-order valence-corrected chi connectivity index (χ1v) is 6.08. The lowest BCUT2D eigenvalue weighted by molar-refractivity contribution is 0.220. The van der Waals surface area contributed by atoms with Gasteiger partial charge in [0.05, 0.1) is 0 Å². The maximum Gasteiger partial charge on any atom is 0.0490 e. The average molecular weight is 246 g/mol. The van der Waals surface area contributed by atoms with Crippen molar-refractivity contribution in [1.29, 1.82) is 0 Å². The van der Waals surface area contributed by atoms with Crippen molar-refractivity contribution < 1.29 is 5.11 Å². The molecular weight excluding hydrogens is 228 g/mol. The molecule has 0 spiro atoms. The van der Waals surface area contributed by atoms with E-state index in [-0.39, 0.29) is 12.5 Å². The van der Waals surface area contributed by atoms with Crippen molar-refractivity contribution in [3.8, 4) is 0 Å². The van der Waals surface area contributed by atoms with Crippen LogP contribution in [0.4, 0.5) is 0 Å². The monoisotopic (exact) mass is 246 g/mol. The van der Waals surface area contributed by atoms with Crippen molar-refractivity contribution in [3.05, 3.63) is 48.0 Å². The maximum absolute atomic E-state index is 9.36. The van der Waals surface area contributed by atoms with E-state index in [1.54, 1.807) is 12.4 Å². The van der Waals surface area contributed by atoms with Crippen molar-refractivity contribution in [2.24, 2.45) is 5.92 Å². The van der Waals surface area contributed by atoms with Gasteiger partial charge in [0.25, 0.3) is 0 Å². The van der Waals surface area contributed by atoms with Gasteiger partial charge in [-0.05, 0) is 30.5 Å². The Morgan fingerprint density at radius 2 is 2.22 bits per heavy atom. The molecule has 0 fully saturated rings. The number of pyridine rings is 1. The molecule has 0 saturated carbocycles. The first-order valence-electron chi connectivity index (χ1n) is 6.08. The van der Waals surface area contributed by atoms with Crippen molar-refractivity contribution >= 4 is 0 Å². The summed E-state index contributed by atoms with van der Waals surface area (Å²) in [4.78, 5) is 4.27. The lowest BCUT2D eigenvalue weighted by Gasteiger charge is -2.14. The number of hydrogen-bond acceptors (Lipinski definition) is 4. The summed E-state index contributed by atoms with van der Waals surface area (Å²) >= 11 is 0. The molecule has 1 unspecified atom stereocenters. The number of aliphatic hydroxyl groups excluding tert-OH is 1. The number of aromatic nitrogens is 3. The summed E-state index contributed by atoms with van der Waals surface area (Å²) in [6, 6.07) is 7.78. The second-order valence-electron chi connectivity index (χ2n) is 4.29. The molecule has 1 atom stereocenters. The Bertz CT molecular complexity index is 430. The molecule has 0 radical (unpaired) electrons. The van der Waals surface area contributed by atoms with Crippen molar-refractivity contribution in [2.45, 2.75) is 13.0 Å². The molecule has 96 valence electrons. The molecule has 18 heavy (non-hydrogen) atoms. The lowest BCUT2D eigenvalue weighted by Crippen LogP contribution is -2.26. The molecule has 2 heterocycles. The summed E-state index contributed by atoms with van der Waals surface area (Å²) < 4.78 is 0. The van der Waals surface area contributed by atoms with E-state index in [4.69, 9.17) is 0 Å². The van der Waals surface area contributed by atoms with Crippen molar-refractivity contribution in [2.75, 3.05) is 13.2 Å². The van der Waals surface area contributed by atoms with Gasteiger partial charge in [-0.2, -0.15) is 5.10 Å². The quantitative estimate of drug-likeness (QED) is 0.674. The van der Waals surface area contributed by atoms with E-state index >= 15 is 0 Å². The van der Waals surface area contributed by atoms with Crippen LogP contribution in [0, 0.1) is 5.92 Å². The van der Waals surface area contributed by atoms with Crippen LogP contribution in [-0.4, -0.2) is 33.4 Å². The fourth-order valence-corrected chi connectivity index (χ4v) is 1.81. The summed E-state index contributed by atoms with van der Waals surface area (Å²) in [5, 5.41) is 19.4. The van der Waals surface area contributed by atoms with E-state index in [1.165, 1.54) is 0 Å². The molecule has 3 N–H and O–H groups in total. The predicted molar refractivity (Wildman–Crippen MR) is 68.8 cm³/mol. The molecule has 0 saturated heterocycles. The largest absolute Gasteiger partial charge is 0.396 e. The molecule has 0 aromatic carbocycles. The third kappa shape index (κ3) is 3.94. The van der Waals surface area contributed by atoms with E-state index in [0.717, 1.165) is 30.9 Å². The van der Waals surface area contributed by atoms with Crippen molar-refractivity contribution in [1.82, 2.24) is 20.5 Å². The smallest absolute Gasteiger partial charge is 0.0490 e. The van der Waals surface area contributed by atoms with Crippen LogP contribution in [0.2, 0.25) is 0 Å². The molecule has 0 aliphatic carbocycles. The Balaban J connectivity index is 1.75. The summed E-state index contributed by atoms with van der Waals surface area (Å²) in [6.07, 6.45) is 4.30. The van der Waals surface area contributed by atoms with Crippen LogP contribution in [-0.2, 0) is 13.0 Å². The van der Waals surface area contributed by atoms with Crippen molar-refractivity contribution in [3.63, 3.8) is 0 Å². The summed E-state index contributed by atoms with van der Waals surface area (Å²) in [5.74, 6) is 0.183. The van der Waals surface area contributed by atoms with E-state index in [1.807, 2.05) is 24.3 Å². The van der Waals surface area contributed by atoms with Crippen LogP contribution in [0.3, 0.4) is 0 Å². The summed E-state index contributed by atoms with van der Waals surface area (Å²) in [7, 11) is 0. The van der Waals surface area contributed by atoms with Gasteiger partial charge in [0.15, 0.2) is 0 Å². The molecule has 0 aliphatic heterocycles. The third-order valence-electron chi connectivity index (χ3n) is 2.79. The van der Waals surface area contributed by atoms with Gasteiger partial charge in [0.2, 0.25) is 0 Å². The zero-order valence-corrected chi connectivity index (χ0v) is 10.2. The summed E-state index contributed by atoms with van der Waals surface area (Å²) in [6.45, 7) is 1.65. The Kier molecular flexibility index (Phi) is 4.87. The highest BCUT2D eigenvalue weighted by molar-refractivity contribution is 5.04. The number of aliphatic hydroxyl groups is 1. The van der Waals surface area contributed by atoms with Gasteiger partial charge < -0.3 is 10.4 Å². The minimum absolute atomic E-state index is 0.159. The lowest BCUT2D eigenvalue weighted by atomic mass is 10.0. The van der Waals surface area contributed by atoms with E-state index in [2.05, 4.69) is 20.5 Å². The number of H-pyrrole nitrogens is 1. The van der Waals surface area contributed by atoms with Gasteiger partial charge in [-0.25, -0.2) is 0 Å². The van der Waals surface area contributed by atoms with E-state index < -0.39 is 0 Å². The highest BCUT2D eigenvalue weighted by atomic mass is 16.3. The first kappa shape index (κ1) is 12.7. The highest BCUT2D eigenvalue weighted by Crippen LogP contribution is 2.05. The van der Waals surface area contributed by atoms with Crippen LogP contribution < -0.4 is 5.32 Å². The minimum atomic E-state index is 0.159. The molecule has 2 rings (SSSR count). The van der Waals surface area contributed by atoms with Crippen LogP contribution >= 0.6 is 0 Å². The van der Waals surface area contributed by atoms with Crippen LogP contribution in [0.15, 0.2) is 36.7 Å². The molecule has 0 bridgehead atoms. The average Bonchev–Trinajstić information content (AvgIpc) is 2.92. The fraction of sp³-hybridized carbons (Fsp3) is 0.385. The Hall–Kier alpha value is -1.72. The summed E-state index contributed by atoms with van der Waals surface area (Å²) in [5.41, 5.74) is 2.06. The second-order valence-corrected chi connectivity index (χ2v) is 4.29. The number of rotatable bonds is 7. The van der Waals surface area contributed by atoms with Gasteiger partial charge >= 0.3 is 0 Å². The SMILES string of the molecule is OCC(CNCc1ccn[nH]1)Cc1ccccn1. The molecule has 0 aliphatic rings. The number of aromatic amines is 1. The van der Waals surface area contributed by atoms with E-state index in [9.17, 15) is 5.11 Å². The highest BCUT2D eigenvalue weighted by Gasteiger charge is 2.09. The van der Waals surface area contributed by atoms with Crippen LogP contribution in [0.5, 0.6) is 0 Å². The normalized spacial score (nSPS) is 12.5. The minimum Gasteiger partial charge on any atom is -0.396 e. The maximum atomic E-state index is 9.36. The number of nitrogens with one attached hydrogen (secondary N) is 2. The Morgan fingerprint density at radius 3 is 2.89 bits per heavy atom. The molecule has 5 heteroatoms. The van der Waals surface area contributed by atoms with Gasteiger partial charge in [0, 0.05) is 43.5 Å².